The van der Waals surface area contributed by atoms with Gasteiger partial charge in [0.1, 0.15) is 11.5 Å². The minimum atomic E-state index is -0.530. The number of rotatable bonds is 5. The van der Waals surface area contributed by atoms with Gasteiger partial charge in [-0.05, 0) is 49.2 Å². The van der Waals surface area contributed by atoms with Gasteiger partial charge in [0, 0.05) is 25.4 Å². The molecule has 0 unspecified atom stereocenters. The van der Waals surface area contributed by atoms with Crippen molar-refractivity contribution in [2.75, 3.05) is 25.1 Å². The maximum Gasteiger partial charge on any atom is 0.232 e. The summed E-state index contributed by atoms with van der Waals surface area (Å²) in [6.07, 6.45) is 1.31. The number of hydrogen-bond donors (Lipinski definition) is 2. The molecule has 1 heterocycles. The van der Waals surface area contributed by atoms with Gasteiger partial charge in [-0.3, -0.25) is 4.79 Å². The molecule has 3 N–H and O–H groups in total. The molecule has 1 aliphatic heterocycles. The van der Waals surface area contributed by atoms with Gasteiger partial charge in [0.05, 0.1) is 5.41 Å². The first kappa shape index (κ1) is 19.2. The Balaban J connectivity index is 0.00000225. The SMILES string of the molecule is Cl.NCC1(C(=O)Nc2ccc(Oc3ccccc3)cc2)CCOCC1. The zero-order valence-electron chi connectivity index (χ0n) is 13.9. The van der Waals surface area contributed by atoms with E-state index >= 15 is 0 Å². The number of anilines is 1. The van der Waals surface area contributed by atoms with E-state index in [-0.39, 0.29) is 18.3 Å². The molecule has 0 bridgehead atoms. The van der Waals surface area contributed by atoms with Crippen LogP contribution in [0.15, 0.2) is 54.6 Å². The molecule has 0 radical (unpaired) electrons. The number of nitrogens with two attached hydrogens (primary N) is 1. The van der Waals surface area contributed by atoms with Crippen LogP contribution in [-0.4, -0.2) is 25.7 Å². The molecule has 0 aliphatic carbocycles. The lowest BCUT2D eigenvalue weighted by molar-refractivity contribution is -0.130. The van der Waals surface area contributed by atoms with Crippen LogP contribution in [0.2, 0.25) is 0 Å². The highest BCUT2D eigenvalue weighted by atomic mass is 35.5. The van der Waals surface area contributed by atoms with E-state index in [4.69, 9.17) is 15.2 Å². The molecule has 2 aromatic carbocycles. The Morgan fingerprint density at radius 1 is 1.04 bits per heavy atom. The number of amides is 1. The second kappa shape index (κ2) is 8.85. The second-order valence-corrected chi connectivity index (χ2v) is 5.99. The third-order valence-electron chi connectivity index (χ3n) is 4.41. The van der Waals surface area contributed by atoms with Crippen LogP contribution in [-0.2, 0) is 9.53 Å². The van der Waals surface area contributed by atoms with Crippen LogP contribution in [0.25, 0.3) is 0 Å². The number of hydrogen-bond acceptors (Lipinski definition) is 4. The van der Waals surface area contributed by atoms with E-state index in [0.29, 0.717) is 32.6 Å². The van der Waals surface area contributed by atoms with Gasteiger partial charge in [-0.15, -0.1) is 12.4 Å². The first-order valence-corrected chi connectivity index (χ1v) is 8.14. The lowest BCUT2D eigenvalue weighted by Gasteiger charge is -2.34. The van der Waals surface area contributed by atoms with E-state index in [9.17, 15) is 4.79 Å². The third-order valence-corrected chi connectivity index (χ3v) is 4.41. The van der Waals surface area contributed by atoms with Crippen molar-refractivity contribution < 1.29 is 14.3 Å². The molecule has 25 heavy (non-hydrogen) atoms. The van der Waals surface area contributed by atoms with Crippen molar-refractivity contribution in [3.63, 3.8) is 0 Å². The molecule has 1 fully saturated rings. The minimum Gasteiger partial charge on any atom is -0.457 e. The minimum absolute atomic E-state index is 0. The smallest absolute Gasteiger partial charge is 0.232 e. The van der Waals surface area contributed by atoms with E-state index in [1.807, 2.05) is 54.6 Å². The van der Waals surface area contributed by atoms with Gasteiger partial charge in [0.15, 0.2) is 0 Å². The van der Waals surface area contributed by atoms with Gasteiger partial charge in [0.2, 0.25) is 5.91 Å². The lowest BCUT2D eigenvalue weighted by Crippen LogP contribution is -2.46. The number of benzene rings is 2. The monoisotopic (exact) mass is 362 g/mol. The Morgan fingerprint density at radius 2 is 1.64 bits per heavy atom. The highest BCUT2D eigenvalue weighted by Crippen LogP contribution is 2.31. The molecule has 6 heteroatoms. The molecule has 0 aromatic heterocycles. The predicted octanol–water partition coefficient (Wildman–Crippen LogP) is 3.59. The summed E-state index contributed by atoms with van der Waals surface area (Å²) < 4.78 is 11.1. The number of carbonyl (C=O) groups is 1. The molecule has 0 spiro atoms. The van der Waals surface area contributed by atoms with Crippen LogP contribution in [0.1, 0.15) is 12.8 Å². The molecule has 2 aromatic rings. The van der Waals surface area contributed by atoms with Crippen LogP contribution < -0.4 is 15.8 Å². The zero-order chi connectivity index (χ0) is 16.8. The highest BCUT2D eigenvalue weighted by molar-refractivity contribution is 5.95. The molecule has 1 aliphatic rings. The van der Waals surface area contributed by atoms with Crippen LogP contribution >= 0.6 is 12.4 Å². The van der Waals surface area contributed by atoms with Crippen molar-refractivity contribution in [1.29, 1.82) is 0 Å². The summed E-state index contributed by atoms with van der Waals surface area (Å²) >= 11 is 0. The van der Waals surface area contributed by atoms with E-state index in [1.54, 1.807) is 0 Å². The largest absolute Gasteiger partial charge is 0.457 e. The summed E-state index contributed by atoms with van der Waals surface area (Å²) in [4.78, 5) is 12.6. The van der Waals surface area contributed by atoms with E-state index in [0.717, 1.165) is 17.2 Å². The van der Waals surface area contributed by atoms with Gasteiger partial charge in [0.25, 0.3) is 0 Å². The lowest BCUT2D eigenvalue weighted by atomic mass is 9.79. The van der Waals surface area contributed by atoms with Crippen molar-refractivity contribution in [3.05, 3.63) is 54.6 Å². The Bertz CT molecular complexity index is 671. The number of halogens is 1. The predicted molar refractivity (Wildman–Crippen MR) is 100 cm³/mol. The van der Waals surface area contributed by atoms with Crippen LogP contribution in [0.5, 0.6) is 11.5 Å². The molecule has 1 amide bonds. The molecular formula is C19H23ClN2O3. The fraction of sp³-hybridized carbons (Fsp3) is 0.316. The van der Waals surface area contributed by atoms with Crippen LogP contribution in [0.3, 0.4) is 0 Å². The van der Waals surface area contributed by atoms with E-state index in [1.165, 1.54) is 0 Å². The maximum atomic E-state index is 12.6. The molecule has 134 valence electrons. The fourth-order valence-corrected chi connectivity index (χ4v) is 2.78. The van der Waals surface area contributed by atoms with Gasteiger partial charge >= 0.3 is 0 Å². The maximum absolute atomic E-state index is 12.6. The highest BCUT2D eigenvalue weighted by Gasteiger charge is 2.38. The Morgan fingerprint density at radius 3 is 2.24 bits per heavy atom. The Labute approximate surface area is 153 Å². The number of nitrogens with one attached hydrogen (secondary N) is 1. The van der Waals surface area contributed by atoms with Crippen molar-refractivity contribution >= 4 is 24.0 Å². The Hall–Kier alpha value is -2.08. The summed E-state index contributed by atoms with van der Waals surface area (Å²) in [6, 6.07) is 16.9. The normalized spacial score (nSPS) is 15.7. The quantitative estimate of drug-likeness (QED) is 0.852. The summed E-state index contributed by atoms with van der Waals surface area (Å²) in [5, 5.41) is 2.96. The first-order valence-electron chi connectivity index (χ1n) is 8.14. The van der Waals surface area contributed by atoms with Gasteiger partial charge < -0.3 is 20.5 Å². The third kappa shape index (κ3) is 4.72. The Kier molecular flexibility index (Phi) is 6.82. The molecular weight excluding hydrogens is 340 g/mol. The number of para-hydroxylation sites is 1. The van der Waals surface area contributed by atoms with Gasteiger partial charge in [-0.2, -0.15) is 0 Å². The summed E-state index contributed by atoms with van der Waals surface area (Å²) in [7, 11) is 0. The summed E-state index contributed by atoms with van der Waals surface area (Å²) in [6.45, 7) is 1.49. The standard InChI is InChI=1S/C19H22N2O3.ClH/c20-14-19(10-12-23-13-11-19)18(22)21-15-6-8-17(9-7-15)24-16-4-2-1-3-5-16;/h1-9H,10-14,20H2,(H,21,22);1H. The van der Waals surface area contributed by atoms with Crippen molar-refractivity contribution in [3.8, 4) is 11.5 Å². The van der Waals surface area contributed by atoms with Gasteiger partial charge in [-0.1, -0.05) is 18.2 Å². The van der Waals surface area contributed by atoms with Crippen molar-refractivity contribution in [2.45, 2.75) is 12.8 Å². The average molecular weight is 363 g/mol. The molecule has 5 nitrogen and oxygen atoms in total. The molecule has 0 atom stereocenters. The number of ether oxygens (including phenoxy) is 2. The topological polar surface area (TPSA) is 73.6 Å². The average Bonchev–Trinajstić information content (AvgIpc) is 2.64. The molecule has 0 saturated carbocycles. The first-order chi connectivity index (χ1) is 11.7. The molecule has 1 saturated heterocycles. The summed E-state index contributed by atoms with van der Waals surface area (Å²) in [5.41, 5.74) is 6.07. The van der Waals surface area contributed by atoms with Crippen LogP contribution in [0.4, 0.5) is 5.69 Å². The fourth-order valence-electron chi connectivity index (χ4n) is 2.78. The van der Waals surface area contributed by atoms with E-state index < -0.39 is 5.41 Å². The van der Waals surface area contributed by atoms with Crippen molar-refractivity contribution in [1.82, 2.24) is 0 Å². The zero-order valence-corrected chi connectivity index (χ0v) is 14.8. The second-order valence-electron chi connectivity index (χ2n) is 5.99. The van der Waals surface area contributed by atoms with Crippen LogP contribution in [0, 0.1) is 5.41 Å². The van der Waals surface area contributed by atoms with Gasteiger partial charge in [-0.25, -0.2) is 0 Å². The number of carbonyl (C=O) groups excluding carboxylic acids is 1. The van der Waals surface area contributed by atoms with E-state index in [2.05, 4.69) is 5.32 Å². The summed E-state index contributed by atoms with van der Waals surface area (Å²) in [5.74, 6) is 1.46. The molecule has 3 rings (SSSR count). The van der Waals surface area contributed by atoms with Crippen molar-refractivity contribution in [2.24, 2.45) is 11.1 Å².